The molecule has 0 bridgehead atoms. The second-order valence-electron chi connectivity index (χ2n) is 4.89. The molecule has 0 aliphatic heterocycles. The van der Waals surface area contributed by atoms with Gasteiger partial charge in [-0.3, -0.25) is 4.79 Å². The lowest BCUT2D eigenvalue weighted by Crippen LogP contribution is -2.23. The molecule has 2 aromatic carbocycles. The summed E-state index contributed by atoms with van der Waals surface area (Å²) in [5.41, 5.74) is 2.23. The maximum Gasteiger partial charge on any atom is 0.259 e. The molecule has 2 aromatic rings. The van der Waals surface area contributed by atoms with Crippen molar-refractivity contribution in [3.05, 3.63) is 53.1 Å². The Labute approximate surface area is 129 Å². The summed E-state index contributed by atoms with van der Waals surface area (Å²) in [5.74, 6) is 0.0953. The van der Waals surface area contributed by atoms with E-state index in [0.717, 1.165) is 11.1 Å². The number of aromatic hydroxyl groups is 1. The highest BCUT2D eigenvalue weighted by molar-refractivity contribution is 5.99. The molecule has 2 rings (SSSR count). The Morgan fingerprint density at radius 1 is 1.14 bits per heavy atom. The first-order valence-electron chi connectivity index (χ1n) is 6.84. The minimum atomic E-state index is -0.405. The third-order valence-corrected chi connectivity index (χ3v) is 3.31. The number of rotatable bonds is 5. The standard InChI is InChI=1S/C17H19NO4/c1-11-4-6-12(7-5-11)10-18-17(20)16-14(19)8-13(21-2)9-15(16)22-3/h4-9,19H,10H2,1-3H3,(H,18,20). The zero-order valence-electron chi connectivity index (χ0n) is 12.8. The van der Waals surface area contributed by atoms with Crippen molar-refractivity contribution in [1.82, 2.24) is 5.32 Å². The monoisotopic (exact) mass is 301 g/mol. The number of aryl methyl sites for hydroxylation is 1. The van der Waals surface area contributed by atoms with E-state index >= 15 is 0 Å². The molecule has 0 unspecified atom stereocenters. The number of phenols is 1. The van der Waals surface area contributed by atoms with Gasteiger partial charge in [0, 0.05) is 18.7 Å². The number of carbonyl (C=O) groups excluding carboxylic acids is 1. The molecule has 0 heterocycles. The summed E-state index contributed by atoms with van der Waals surface area (Å²) < 4.78 is 10.2. The van der Waals surface area contributed by atoms with Crippen LogP contribution in [0.3, 0.4) is 0 Å². The number of methoxy groups -OCH3 is 2. The Balaban J connectivity index is 2.17. The van der Waals surface area contributed by atoms with E-state index in [0.29, 0.717) is 12.3 Å². The van der Waals surface area contributed by atoms with Crippen LogP contribution in [0.15, 0.2) is 36.4 Å². The van der Waals surface area contributed by atoms with Crippen molar-refractivity contribution < 1.29 is 19.4 Å². The van der Waals surface area contributed by atoms with Crippen molar-refractivity contribution in [3.8, 4) is 17.2 Å². The zero-order valence-corrected chi connectivity index (χ0v) is 12.8. The Morgan fingerprint density at radius 3 is 2.41 bits per heavy atom. The van der Waals surface area contributed by atoms with Crippen LogP contribution in [-0.4, -0.2) is 25.2 Å². The lowest BCUT2D eigenvalue weighted by atomic mass is 10.1. The molecule has 0 radical (unpaired) electrons. The minimum Gasteiger partial charge on any atom is -0.507 e. The van der Waals surface area contributed by atoms with Crippen LogP contribution in [0.1, 0.15) is 21.5 Å². The zero-order chi connectivity index (χ0) is 16.1. The van der Waals surface area contributed by atoms with E-state index in [1.54, 1.807) is 6.07 Å². The molecule has 5 nitrogen and oxygen atoms in total. The van der Waals surface area contributed by atoms with Gasteiger partial charge in [-0.1, -0.05) is 29.8 Å². The van der Waals surface area contributed by atoms with Crippen LogP contribution >= 0.6 is 0 Å². The highest BCUT2D eigenvalue weighted by Crippen LogP contribution is 2.33. The van der Waals surface area contributed by atoms with Crippen molar-refractivity contribution >= 4 is 5.91 Å². The highest BCUT2D eigenvalue weighted by Gasteiger charge is 2.19. The molecular weight excluding hydrogens is 282 g/mol. The van der Waals surface area contributed by atoms with Crippen molar-refractivity contribution in [2.75, 3.05) is 14.2 Å². The molecule has 0 aliphatic rings. The number of carbonyl (C=O) groups is 1. The lowest BCUT2D eigenvalue weighted by Gasteiger charge is -2.13. The van der Waals surface area contributed by atoms with Crippen LogP contribution < -0.4 is 14.8 Å². The van der Waals surface area contributed by atoms with Gasteiger partial charge in [0.1, 0.15) is 22.8 Å². The summed E-state index contributed by atoms with van der Waals surface area (Å²) in [5, 5.41) is 12.8. The van der Waals surface area contributed by atoms with Gasteiger partial charge in [0.15, 0.2) is 0 Å². The molecule has 2 N–H and O–H groups in total. The SMILES string of the molecule is COc1cc(O)c(C(=O)NCc2ccc(C)cc2)c(OC)c1. The van der Waals surface area contributed by atoms with Crippen molar-refractivity contribution in [2.24, 2.45) is 0 Å². The summed E-state index contributed by atoms with van der Waals surface area (Å²) >= 11 is 0. The Kier molecular flexibility index (Phi) is 4.88. The molecule has 0 saturated carbocycles. The van der Waals surface area contributed by atoms with Gasteiger partial charge in [0.25, 0.3) is 5.91 Å². The average molecular weight is 301 g/mol. The van der Waals surface area contributed by atoms with Crippen LogP contribution in [0.2, 0.25) is 0 Å². The maximum absolute atomic E-state index is 12.3. The van der Waals surface area contributed by atoms with E-state index in [2.05, 4.69) is 5.32 Å². The number of nitrogens with one attached hydrogen (secondary N) is 1. The Hall–Kier alpha value is -2.69. The van der Waals surface area contributed by atoms with Gasteiger partial charge in [0.2, 0.25) is 0 Å². The maximum atomic E-state index is 12.3. The molecule has 0 atom stereocenters. The smallest absolute Gasteiger partial charge is 0.259 e. The molecule has 5 heteroatoms. The molecule has 0 aliphatic carbocycles. The van der Waals surface area contributed by atoms with Gasteiger partial charge in [-0.15, -0.1) is 0 Å². The molecule has 0 fully saturated rings. The molecular formula is C17H19NO4. The van der Waals surface area contributed by atoms with Gasteiger partial charge < -0.3 is 19.9 Å². The van der Waals surface area contributed by atoms with E-state index in [1.807, 2.05) is 31.2 Å². The van der Waals surface area contributed by atoms with E-state index in [-0.39, 0.29) is 17.1 Å². The lowest BCUT2D eigenvalue weighted by molar-refractivity contribution is 0.0945. The predicted molar refractivity (Wildman–Crippen MR) is 83.6 cm³/mol. The van der Waals surface area contributed by atoms with E-state index < -0.39 is 5.91 Å². The Morgan fingerprint density at radius 2 is 1.82 bits per heavy atom. The van der Waals surface area contributed by atoms with Crippen LogP contribution in [0.25, 0.3) is 0 Å². The summed E-state index contributed by atoms with van der Waals surface area (Å²) in [6.07, 6.45) is 0. The van der Waals surface area contributed by atoms with Gasteiger partial charge in [0.05, 0.1) is 14.2 Å². The van der Waals surface area contributed by atoms with Crippen LogP contribution in [-0.2, 0) is 6.54 Å². The van der Waals surface area contributed by atoms with Crippen LogP contribution in [0, 0.1) is 6.92 Å². The molecule has 0 spiro atoms. The summed E-state index contributed by atoms with van der Waals surface area (Å²) in [6, 6.07) is 10.8. The summed E-state index contributed by atoms with van der Waals surface area (Å²) in [6.45, 7) is 2.37. The molecule has 116 valence electrons. The first-order chi connectivity index (χ1) is 10.5. The number of amides is 1. The van der Waals surface area contributed by atoms with Gasteiger partial charge in [-0.2, -0.15) is 0 Å². The summed E-state index contributed by atoms with van der Waals surface area (Å²) in [7, 11) is 2.91. The predicted octanol–water partition coefficient (Wildman–Crippen LogP) is 2.65. The van der Waals surface area contributed by atoms with Crippen LogP contribution in [0.4, 0.5) is 0 Å². The van der Waals surface area contributed by atoms with E-state index in [4.69, 9.17) is 9.47 Å². The number of ether oxygens (including phenoxy) is 2. The van der Waals surface area contributed by atoms with E-state index in [9.17, 15) is 9.90 Å². The third-order valence-electron chi connectivity index (χ3n) is 3.31. The third kappa shape index (κ3) is 3.49. The largest absolute Gasteiger partial charge is 0.507 e. The normalized spacial score (nSPS) is 10.1. The van der Waals surface area contributed by atoms with Gasteiger partial charge in [-0.25, -0.2) is 0 Å². The fourth-order valence-corrected chi connectivity index (χ4v) is 2.06. The molecule has 0 saturated heterocycles. The molecule has 0 aromatic heterocycles. The number of benzene rings is 2. The first kappa shape index (κ1) is 15.7. The summed E-state index contributed by atoms with van der Waals surface area (Å²) in [4.78, 5) is 12.3. The topological polar surface area (TPSA) is 67.8 Å². The van der Waals surface area contributed by atoms with Crippen molar-refractivity contribution in [1.29, 1.82) is 0 Å². The second-order valence-corrected chi connectivity index (χ2v) is 4.89. The molecule has 22 heavy (non-hydrogen) atoms. The minimum absolute atomic E-state index is 0.0930. The van der Waals surface area contributed by atoms with Gasteiger partial charge >= 0.3 is 0 Å². The first-order valence-corrected chi connectivity index (χ1v) is 6.84. The fraction of sp³-hybridized carbons (Fsp3) is 0.235. The average Bonchev–Trinajstić information content (AvgIpc) is 2.53. The highest BCUT2D eigenvalue weighted by atomic mass is 16.5. The fourth-order valence-electron chi connectivity index (χ4n) is 2.06. The quantitative estimate of drug-likeness (QED) is 0.891. The van der Waals surface area contributed by atoms with E-state index in [1.165, 1.54) is 20.3 Å². The number of hydrogen-bond donors (Lipinski definition) is 2. The molecule has 1 amide bonds. The number of hydrogen-bond acceptors (Lipinski definition) is 4. The van der Waals surface area contributed by atoms with Gasteiger partial charge in [-0.05, 0) is 12.5 Å². The van der Waals surface area contributed by atoms with Crippen molar-refractivity contribution in [3.63, 3.8) is 0 Å². The van der Waals surface area contributed by atoms with Crippen molar-refractivity contribution in [2.45, 2.75) is 13.5 Å². The van der Waals surface area contributed by atoms with Crippen LogP contribution in [0.5, 0.6) is 17.2 Å². The Bertz CT molecular complexity index is 665. The second kappa shape index (κ2) is 6.85. The number of phenolic OH excluding ortho intramolecular Hbond substituents is 1.